The van der Waals surface area contributed by atoms with E-state index in [0.717, 1.165) is 16.2 Å². The Balaban J connectivity index is 1.91. The molecule has 0 saturated carbocycles. The first-order chi connectivity index (χ1) is 10.2. The topological polar surface area (TPSA) is 29.1 Å². The van der Waals surface area contributed by atoms with E-state index in [1.807, 2.05) is 24.3 Å². The lowest BCUT2D eigenvalue weighted by molar-refractivity contribution is 0.0951. The SMILES string of the molecule is CCSc1ccccc1C(=O)NCCc1ccc(F)cc1. The summed E-state index contributed by atoms with van der Waals surface area (Å²) >= 11 is 1.66. The number of carbonyl (C=O) groups is 1. The van der Waals surface area contributed by atoms with Crippen molar-refractivity contribution in [3.05, 3.63) is 65.5 Å². The molecule has 0 radical (unpaired) electrons. The van der Waals surface area contributed by atoms with Gasteiger partial charge in [0, 0.05) is 11.4 Å². The van der Waals surface area contributed by atoms with Crippen LogP contribution in [0.15, 0.2) is 53.4 Å². The van der Waals surface area contributed by atoms with Gasteiger partial charge in [-0.1, -0.05) is 31.2 Å². The predicted octanol–water partition coefficient (Wildman–Crippen LogP) is 3.91. The molecule has 110 valence electrons. The van der Waals surface area contributed by atoms with Crippen molar-refractivity contribution in [2.75, 3.05) is 12.3 Å². The van der Waals surface area contributed by atoms with Crippen LogP contribution in [0.2, 0.25) is 0 Å². The minimum atomic E-state index is -0.242. The molecule has 0 aliphatic heterocycles. The highest BCUT2D eigenvalue weighted by atomic mass is 32.2. The molecule has 0 fully saturated rings. The summed E-state index contributed by atoms with van der Waals surface area (Å²) in [5, 5.41) is 2.91. The zero-order valence-corrected chi connectivity index (χ0v) is 12.8. The molecule has 0 atom stereocenters. The maximum Gasteiger partial charge on any atom is 0.252 e. The smallest absolute Gasteiger partial charge is 0.252 e. The Morgan fingerprint density at radius 1 is 1.14 bits per heavy atom. The Morgan fingerprint density at radius 3 is 2.57 bits per heavy atom. The van der Waals surface area contributed by atoms with Gasteiger partial charge in [0.25, 0.3) is 5.91 Å². The number of benzene rings is 2. The fraction of sp³-hybridized carbons (Fsp3) is 0.235. The van der Waals surface area contributed by atoms with Crippen molar-refractivity contribution in [1.29, 1.82) is 0 Å². The molecule has 1 N–H and O–H groups in total. The summed E-state index contributed by atoms with van der Waals surface area (Å²) in [6, 6.07) is 14.0. The quantitative estimate of drug-likeness (QED) is 0.820. The first-order valence-electron chi connectivity index (χ1n) is 6.95. The highest BCUT2D eigenvalue weighted by Gasteiger charge is 2.10. The van der Waals surface area contributed by atoms with Crippen molar-refractivity contribution in [2.24, 2.45) is 0 Å². The Morgan fingerprint density at radius 2 is 1.86 bits per heavy atom. The molecule has 2 rings (SSSR count). The van der Waals surface area contributed by atoms with Gasteiger partial charge >= 0.3 is 0 Å². The summed E-state index contributed by atoms with van der Waals surface area (Å²) < 4.78 is 12.8. The number of halogens is 1. The second-order valence-electron chi connectivity index (χ2n) is 4.56. The highest BCUT2D eigenvalue weighted by molar-refractivity contribution is 7.99. The van der Waals surface area contributed by atoms with Crippen LogP contribution in [0, 0.1) is 5.82 Å². The van der Waals surface area contributed by atoms with Crippen molar-refractivity contribution >= 4 is 17.7 Å². The van der Waals surface area contributed by atoms with E-state index in [2.05, 4.69) is 12.2 Å². The van der Waals surface area contributed by atoms with E-state index in [0.29, 0.717) is 18.5 Å². The van der Waals surface area contributed by atoms with Crippen LogP contribution in [-0.4, -0.2) is 18.2 Å². The molecule has 4 heteroatoms. The van der Waals surface area contributed by atoms with Crippen LogP contribution in [0.25, 0.3) is 0 Å². The lowest BCUT2D eigenvalue weighted by atomic mass is 10.1. The number of hydrogen-bond acceptors (Lipinski definition) is 2. The average molecular weight is 303 g/mol. The number of nitrogens with one attached hydrogen (secondary N) is 1. The number of thioether (sulfide) groups is 1. The molecular weight excluding hydrogens is 285 g/mol. The van der Waals surface area contributed by atoms with Gasteiger partial charge in [0.15, 0.2) is 0 Å². The number of rotatable bonds is 6. The molecule has 0 saturated heterocycles. The van der Waals surface area contributed by atoms with E-state index in [4.69, 9.17) is 0 Å². The van der Waals surface area contributed by atoms with Gasteiger partial charge in [0.2, 0.25) is 0 Å². The van der Waals surface area contributed by atoms with Crippen LogP contribution >= 0.6 is 11.8 Å². The largest absolute Gasteiger partial charge is 0.352 e. The standard InChI is InChI=1S/C17H18FNOS/c1-2-21-16-6-4-3-5-15(16)17(20)19-12-11-13-7-9-14(18)10-8-13/h3-10H,2,11-12H2,1H3,(H,19,20). The third-order valence-corrected chi connectivity index (χ3v) is 4.00. The van der Waals surface area contributed by atoms with Crippen molar-refractivity contribution in [2.45, 2.75) is 18.2 Å². The lowest BCUT2D eigenvalue weighted by Gasteiger charge is -2.09. The molecule has 1 amide bonds. The third-order valence-electron chi connectivity index (χ3n) is 3.04. The fourth-order valence-electron chi connectivity index (χ4n) is 2.00. The summed E-state index contributed by atoms with van der Waals surface area (Å²) in [7, 11) is 0. The van der Waals surface area contributed by atoms with E-state index in [9.17, 15) is 9.18 Å². The minimum Gasteiger partial charge on any atom is -0.352 e. The third kappa shape index (κ3) is 4.60. The summed E-state index contributed by atoms with van der Waals surface area (Å²) in [5.74, 6) is 0.627. The van der Waals surface area contributed by atoms with Crippen LogP contribution in [0.4, 0.5) is 4.39 Å². The maximum absolute atomic E-state index is 12.8. The van der Waals surface area contributed by atoms with Gasteiger partial charge < -0.3 is 5.32 Å². The number of carbonyl (C=O) groups excluding carboxylic acids is 1. The molecular formula is C17H18FNOS. The molecule has 2 aromatic rings. The van der Waals surface area contributed by atoms with Gasteiger partial charge in [-0.2, -0.15) is 0 Å². The summed E-state index contributed by atoms with van der Waals surface area (Å²) in [5.41, 5.74) is 1.72. The van der Waals surface area contributed by atoms with Gasteiger partial charge in [-0.15, -0.1) is 11.8 Å². The molecule has 2 aromatic carbocycles. The molecule has 0 heterocycles. The van der Waals surface area contributed by atoms with E-state index in [1.54, 1.807) is 23.9 Å². The van der Waals surface area contributed by atoms with E-state index in [1.165, 1.54) is 12.1 Å². The maximum atomic E-state index is 12.8. The normalized spacial score (nSPS) is 10.4. The van der Waals surface area contributed by atoms with Gasteiger partial charge in [-0.25, -0.2) is 4.39 Å². The first kappa shape index (κ1) is 15.6. The number of amides is 1. The zero-order chi connectivity index (χ0) is 15.1. The van der Waals surface area contributed by atoms with E-state index >= 15 is 0 Å². The Kier molecular flexibility index (Phi) is 5.81. The second kappa shape index (κ2) is 7.84. The molecule has 0 unspecified atom stereocenters. The summed E-state index contributed by atoms with van der Waals surface area (Å²) in [4.78, 5) is 13.2. The predicted molar refractivity (Wildman–Crippen MR) is 85.3 cm³/mol. The second-order valence-corrected chi connectivity index (χ2v) is 5.87. The van der Waals surface area contributed by atoms with E-state index in [-0.39, 0.29) is 11.7 Å². The van der Waals surface area contributed by atoms with Crippen molar-refractivity contribution < 1.29 is 9.18 Å². The van der Waals surface area contributed by atoms with Gasteiger partial charge in [0.1, 0.15) is 5.82 Å². The van der Waals surface area contributed by atoms with Crippen LogP contribution in [0.1, 0.15) is 22.8 Å². The van der Waals surface area contributed by atoms with Crippen LogP contribution in [0.3, 0.4) is 0 Å². The Labute approximate surface area is 128 Å². The zero-order valence-electron chi connectivity index (χ0n) is 11.9. The Bertz CT molecular complexity index is 598. The monoisotopic (exact) mass is 303 g/mol. The molecule has 0 aliphatic rings. The molecule has 2 nitrogen and oxygen atoms in total. The minimum absolute atomic E-state index is 0.0614. The summed E-state index contributed by atoms with van der Waals surface area (Å²) in [6.45, 7) is 2.60. The van der Waals surface area contributed by atoms with E-state index < -0.39 is 0 Å². The van der Waals surface area contributed by atoms with Crippen LogP contribution in [0.5, 0.6) is 0 Å². The molecule has 0 bridgehead atoms. The fourth-order valence-corrected chi connectivity index (χ4v) is 2.80. The molecule has 0 aromatic heterocycles. The average Bonchev–Trinajstić information content (AvgIpc) is 2.50. The summed E-state index contributed by atoms with van der Waals surface area (Å²) in [6.07, 6.45) is 0.690. The van der Waals surface area contributed by atoms with Crippen molar-refractivity contribution in [3.63, 3.8) is 0 Å². The van der Waals surface area contributed by atoms with Crippen molar-refractivity contribution in [1.82, 2.24) is 5.32 Å². The van der Waals surface area contributed by atoms with Gasteiger partial charge in [-0.3, -0.25) is 4.79 Å². The van der Waals surface area contributed by atoms with Crippen LogP contribution < -0.4 is 5.32 Å². The van der Waals surface area contributed by atoms with Crippen molar-refractivity contribution in [3.8, 4) is 0 Å². The highest BCUT2D eigenvalue weighted by Crippen LogP contribution is 2.22. The Hall–Kier alpha value is -1.81. The molecule has 0 spiro atoms. The lowest BCUT2D eigenvalue weighted by Crippen LogP contribution is -2.26. The van der Waals surface area contributed by atoms with Gasteiger partial charge in [0.05, 0.1) is 5.56 Å². The number of hydrogen-bond donors (Lipinski definition) is 1. The molecule has 21 heavy (non-hydrogen) atoms. The first-order valence-corrected chi connectivity index (χ1v) is 7.93. The van der Waals surface area contributed by atoms with Crippen LogP contribution in [-0.2, 0) is 6.42 Å². The van der Waals surface area contributed by atoms with Gasteiger partial charge in [-0.05, 0) is 42.0 Å². The molecule has 0 aliphatic carbocycles.